The molecule has 0 aliphatic carbocycles. The molecular formula is C21H20ClFN2O2S. The molecule has 28 heavy (non-hydrogen) atoms. The Morgan fingerprint density at radius 1 is 1.25 bits per heavy atom. The van der Waals surface area contributed by atoms with Crippen molar-refractivity contribution >= 4 is 46.2 Å². The maximum atomic E-state index is 13.1. The highest BCUT2D eigenvalue weighted by Crippen LogP contribution is 2.36. The second-order valence-electron chi connectivity index (χ2n) is 6.38. The van der Waals surface area contributed by atoms with Gasteiger partial charge < -0.3 is 4.74 Å². The van der Waals surface area contributed by atoms with Gasteiger partial charge in [-0.05, 0) is 81.1 Å². The van der Waals surface area contributed by atoms with E-state index < -0.39 is 0 Å². The molecule has 1 saturated heterocycles. The van der Waals surface area contributed by atoms with Gasteiger partial charge in [-0.1, -0.05) is 11.6 Å². The summed E-state index contributed by atoms with van der Waals surface area (Å²) in [5.74, 6) is 0.196. The number of carbonyl (C=O) groups is 1. The topological polar surface area (TPSA) is 41.9 Å². The van der Waals surface area contributed by atoms with Crippen LogP contribution in [0.3, 0.4) is 0 Å². The average molecular weight is 419 g/mol. The summed E-state index contributed by atoms with van der Waals surface area (Å²) in [4.78, 5) is 19.5. The summed E-state index contributed by atoms with van der Waals surface area (Å²) in [5.41, 5.74) is 1.32. The average Bonchev–Trinajstić information content (AvgIpc) is 2.93. The minimum Gasteiger partial charge on any atom is -0.490 e. The van der Waals surface area contributed by atoms with Gasteiger partial charge in [-0.25, -0.2) is 9.38 Å². The third-order valence-electron chi connectivity index (χ3n) is 3.88. The predicted molar refractivity (Wildman–Crippen MR) is 114 cm³/mol. The second-order valence-corrected chi connectivity index (χ2v) is 7.83. The van der Waals surface area contributed by atoms with Crippen LogP contribution in [-0.4, -0.2) is 28.6 Å². The van der Waals surface area contributed by atoms with Crippen LogP contribution in [0.5, 0.6) is 5.75 Å². The van der Waals surface area contributed by atoms with Gasteiger partial charge in [0.25, 0.3) is 5.91 Å². The number of amidine groups is 1. The van der Waals surface area contributed by atoms with Crippen LogP contribution in [0.15, 0.2) is 52.4 Å². The second kappa shape index (κ2) is 8.80. The van der Waals surface area contributed by atoms with Crippen molar-refractivity contribution in [3.8, 4) is 5.75 Å². The molecule has 4 nitrogen and oxygen atoms in total. The van der Waals surface area contributed by atoms with Gasteiger partial charge in [0, 0.05) is 17.1 Å². The van der Waals surface area contributed by atoms with Gasteiger partial charge in [0.05, 0.1) is 16.7 Å². The molecule has 2 aromatic rings. The zero-order valence-corrected chi connectivity index (χ0v) is 17.4. The molecule has 7 heteroatoms. The first-order chi connectivity index (χ1) is 13.4. The van der Waals surface area contributed by atoms with Gasteiger partial charge in [-0.3, -0.25) is 9.69 Å². The van der Waals surface area contributed by atoms with E-state index in [1.807, 2.05) is 20.8 Å². The van der Waals surface area contributed by atoms with Crippen LogP contribution in [0.4, 0.5) is 10.1 Å². The number of benzene rings is 2. The lowest BCUT2D eigenvalue weighted by molar-refractivity contribution is -0.122. The number of thioether (sulfide) groups is 1. The van der Waals surface area contributed by atoms with Crippen molar-refractivity contribution in [1.82, 2.24) is 4.90 Å². The molecule has 1 aliphatic heterocycles. The molecule has 0 N–H and O–H groups in total. The number of nitrogens with zero attached hydrogens (tertiary/aromatic N) is 2. The maximum absolute atomic E-state index is 13.1. The van der Waals surface area contributed by atoms with Crippen molar-refractivity contribution < 1.29 is 13.9 Å². The van der Waals surface area contributed by atoms with E-state index in [2.05, 4.69) is 4.99 Å². The fourth-order valence-electron chi connectivity index (χ4n) is 2.63. The van der Waals surface area contributed by atoms with E-state index in [9.17, 15) is 9.18 Å². The first-order valence-electron chi connectivity index (χ1n) is 8.89. The van der Waals surface area contributed by atoms with Gasteiger partial charge in [0.2, 0.25) is 0 Å². The quantitative estimate of drug-likeness (QED) is 0.568. The van der Waals surface area contributed by atoms with E-state index in [0.717, 1.165) is 5.56 Å². The summed E-state index contributed by atoms with van der Waals surface area (Å²) in [6, 6.07) is 11.2. The number of hydrogen-bond donors (Lipinski definition) is 0. The number of aliphatic imine (C=N–C) groups is 1. The van der Waals surface area contributed by atoms with Crippen LogP contribution in [0.2, 0.25) is 5.02 Å². The lowest BCUT2D eigenvalue weighted by Gasteiger charge is -2.13. The largest absolute Gasteiger partial charge is 0.490 e. The van der Waals surface area contributed by atoms with Crippen molar-refractivity contribution in [2.45, 2.75) is 26.9 Å². The Bertz CT molecular complexity index is 942. The molecule has 1 amide bonds. The predicted octanol–water partition coefficient (Wildman–Crippen LogP) is 5.89. The Morgan fingerprint density at radius 2 is 1.96 bits per heavy atom. The van der Waals surface area contributed by atoms with Crippen molar-refractivity contribution in [3.05, 3.63) is 63.8 Å². The number of carbonyl (C=O) groups excluding carboxylic acids is 1. The molecule has 1 aliphatic rings. The van der Waals surface area contributed by atoms with Crippen LogP contribution in [0.25, 0.3) is 6.08 Å². The highest BCUT2D eigenvalue weighted by Gasteiger charge is 2.32. The van der Waals surface area contributed by atoms with E-state index in [4.69, 9.17) is 16.3 Å². The Kier molecular flexibility index (Phi) is 6.42. The molecule has 0 bridgehead atoms. The minimum atomic E-state index is -0.328. The highest BCUT2D eigenvalue weighted by molar-refractivity contribution is 8.18. The summed E-state index contributed by atoms with van der Waals surface area (Å²) >= 11 is 7.41. The maximum Gasteiger partial charge on any atom is 0.266 e. The summed E-state index contributed by atoms with van der Waals surface area (Å²) in [6.45, 7) is 6.24. The first kappa shape index (κ1) is 20.4. The zero-order chi connectivity index (χ0) is 20.3. The fourth-order valence-corrected chi connectivity index (χ4v) is 3.86. The molecule has 1 heterocycles. The number of ether oxygens (including phenoxy) is 1. The van der Waals surface area contributed by atoms with Crippen LogP contribution in [0.1, 0.15) is 26.3 Å². The summed E-state index contributed by atoms with van der Waals surface area (Å²) in [7, 11) is 0. The summed E-state index contributed by atoms with van der Waals surface area (Å²) in [6.07, 6.45) is 1.76. The van der Waals surface area contributed by atoms with Crippen molar-refractivity contribution in [1.29, 1.82) is 0 Å². The van der Waals surface area contributed by atoms with E-state index >= 15 is 0 Å². The molecule has 2 aromatic carbocycles. The summed E-state index contributed by atoms with van der Waals surface area (Å²) in [5, 5.41) is 1.12. The van der Waals surface area contributed by atoms with E-state index in [0.29, 0.717) is 33.1 Å². The molecule has 0 atom stereocenters. The molecule has 3 rings (SSSR count). The number of halogens is 2. The van der Waals surface area contributed by atoms with Crippen LogP contribution in [0, 0.1) is 5.82 Å². The van der Waals surface area contributed by atoms with Crippen molar-refractivity contribution in [3.63, 3.8) is 0 Å². The van der Waals surface area contributed by atoms with E-state index in [1.54, 1.807) is 41.3 Å². The fraction of sp³-hybridized carbons (Fsp3) is 0.238. The van der Waals surface area contributed by atoms with Crippen LogP contribution in [-0.2, 0) is 4.79 Å². The number of hydrogen-bond acceptors (Lipinski definition) is 4. The summed E-state index contributed by atoms with van der Waals surface area (Å²) < 4.78 is 18.9. The third-order valence-corrected chi connectivity index (χ3v) is 5.12. The Labute approximate surface area is 173 Å². The number of likely N-dealkylation sites (N-methyl/N-ethyl adjacent to an activating group) is 1. The normalized spacial score (nSPS) is 17.2. The SMILES string of the molecule is CCN1C(=O)/C(=C\c2cc(Cl)ccc2OC(C)C)SC1=Nc1ccc(F)cc1. The smallest absolute Gasteiger partial charge is 0.266 e. The monoisotopic (exact) mass is 418 g/mol. The molecule has 146 valence electrons. The number of amides is 1. The number of rotatable bonds is 5. The standard InChI is InChI=1S/C21H20ClFN2O2S/c1-4-25-20(26)19(28-21(25)24-17-8-6-16(23)7-9-17)12-14-11-15(22)5-10-18(14)27-13(2)3/h5-13H,4H2,1-3H3/b19-12+,24-21?. The molecule has 1 fully saturated rings. The third kappa shape index (κ3) is 4.75. The Morgan fingerprint density at radius 3 is 2.61 bits per heavy atom. The van der Waals surface area contributed by atoms with Gasteiger partial charge in [-0.2, -0.15) is 0 Å². The zero-order valence-electron chi connectivity index (χ0n) is 15.8. The van der Waals surface area contributed by atoms with E-state index in [-0.39, 0.29) is 17.8 Å². The van der Waals surface area contributed by atoms with Gasteiger partial charge in [0.15, 0.2) is 5.17 Å². The highest BCUT2D eigenvalue weighted by atomic mass is 35.5. The molecule has 0 saturated carbocycles. The van der Waals surface area contributed by atoms with Gasteiger partial charge >= 0.3 is 0 Å². The van der Waals surface area contributed by atoms with Gasteiger partial charge in [0.1, 0.15) is 11.6 Å². The Hall–Kier alpha value is -2.31. The van der Waals surface area contributed by atoms with E-state index in [1.165, 1.54) is 23.9 Å². The molecule has 0 radical (unpaired) electrons. The van der Waals surface area contributed by atoms with Crippen LogP contribution < -0.4 is 4.74 Å². The molecule has 0 aromatic heterocycles. The van der Waals surface area contributed by atoms with Crippen LogP contribution >= 0.6 is 23.4 Å². The minimum absolute atomic E-state index is 0.00648. The molecular weight excluding hydrogens is 399 g/mol. The van der Waals surface area contributed by atoms with Crippen molar-refractivity contribution in [2.24, 2.45) is 4.99 Å². The lowest BCUT2D eigenvalue weighted by Crippen LogP contribution is -2.28. The first-order valence-corrected chi connectivity index (χ1v) is 10.1. The lowest BCUT2D eigenvalue weighted by atomic mass is 10.1. The van der Waals surface area contributed by atoms with Crippen molar-refractivity contribution in [2.75, 3.05) is 6.54 Å². The van der Waals surface area contributed by atoms with Gasteiger partial charge in [-0.15, -0.1) is 0 Å². The molecule has 0 unspecified atom stereocenters. The Balaban J connectivity index is 1.96. The molecule has 0 spiro atoms.